The van der Waals surface area contributed by atoms with Crippen LogP contribution in [-0.2, 0) is 17.9 Å². The summed E-state index contributed by atoms with van der Waals surface area (Å²) in [6.07, 6.45) is 7.04. The van der Waals surface area contributed by atoms with E-state index in [2.05, 4.69) is 31.1 Å². The van der Waals surface area contributed by atoms with Crippen LogP contribution in [0.3, 0.4) is 0 Å². The van der Waals surface area contributed by atoms with Gasteiger partial charge in [0.15, 0.2) is 5.43 Å². The van der Waals surface area contributed by atoms with E-state index in [0.717, 1.165) is 5.52 Å². The number of nitrogens with one attached hydrogen (secondary N) is 1. The Bertz CT molecular complexity index is 952. The van der Waals surface area contributed by atoms with Crippen LogP contribution >= 0.6 is 0 Å². The molecule has 3 rings (SSSR count). The smallest absolute Gasteiger partial charge is 0.240 e. The predicted octanol–water partition coefficient (Wildman–Crippen LogP) is 2.43. The van der Waals surface area contributed by atoms with Crippen LogP contribution in [0.1, 0.15) is 20.8 Å². The van der Waals surface area contributed by atoms with Gasteiger partial charge in [-0.25, -0.2) is 4.98 Å². The SMILES string of the molecule is CC(C)(C)C(Cn1ccnc1)NC(=O)Cn1ccc(=O)c2ccccc21. The molecule has 6 nitrogen and oxygen atoms in total. The van der Waals surface area contributed by atoms with Gasteiger partial charge in [0.25, 0.3) is 0 Å². The van der Waals surface area contributed by atoms with Gasteiger partial charge in [0.2, 0.25) is 5.91 Å². The molecular formula is C20H24N4O2. The number of fused-ring (bicyclic) bond motifs is 1. The highest BCUT2D eigenvalue weighted by Gasteiger charge is 2.26. The molecule has 1 aromatic carbocycles. The van der Waals surface area contributed by atoms with Gasteiger partial charge < -0.3 is 14.5 Å². The van der Waals surface area contributed by atoms with Crippen molar-refractivity contribution < 1.29 is 4.79 Å². The van der Waals surface area contributed by atoms with E-state index >= 15 is 0 Å². The minimum atomic E-state index is -0.106. The first kappa shape index (κ1) is 17.9. The number of imidazole rings is 1. The Hall–Kier alpha value is -2.89. The van der Waals surface area contributed by atoms with Gasteiger partial charge in [0.1, 0.15) is 6.54 Å². The molecule has 1 N–H and O–H groups in total. The molecule has 0 radical (unpaired) electrons. The van der Waals surface area contributed by atoms with E-state index in [1.807, 2.05) is 33.5 Å². The Labute approximate surface area is 152 Å². The topological polar surface area (TPSA) is 68.9 Å². The standard InChI is InChI=1S/C20H24N4O2/c1-20(2,3)18(12-23-11-9-21-14-23)22-19(26)13-24-10-8-17(25)15-6-4-5-7-16(15)24/h4-11,14,18H,12-13H2,1-3H3,(H,22,26). The number of carbonyl (C=O) groups excluding carboxylic acids is 1. The normalized spacial score (nSPS) is 12.9. The summed E-state index contributed by atoms with van der Waals surface area (Å²) in [5.41, 5.74) is 0.618. The van der Waals surface area contributed by atoms with Gasteiger partial charge >= 0.3 is 0 Å². The zero-order chi connectivity index (χ0) is 18.7. The Morgan fingerprint density at radius 1 is 1.19 bits per heavy atom. The van der Waals surface area contributed by atoms with Crippen LogP contribution < -0.4 is 10.7 Å². The molecule has 2 heterocycles. The van der Waals surface area contributed by atoms with Crippen molar-refractivity contribution in [2.45, 2.75) is 39.9 Å². The number of rotatable bonds is 5. The minimum absolute atomic E-state index is 0.0371. The third-order valence-corrected chi connectivity index (χ3v) is 4.53. The van der Waals surface area contributed by atoms with Crippen LogP contribution in [0.4, 0.5) is 0 Å². The fourth-order valence-corrected chi connectivity index (χ4v) is 2.93. The van der Waals surface area contributed by atoms with E-state index in [9.17, 15) is 9.59 Å². The first-order valence-corrected chi connectivity index (χ1v) is 8.68. The predicted molar refractivity (Wildman–Crippen MR) is 102 cm³/mol. The highest BCUT2D eigenvalue weighted by Crippen LogP contribution is 2.21. The number of aromatic nitrogens is 3. The Morgan fingerprint density at radius 3 is 2.65 bits per heavy atom. The van der Waals surface area contributed by atoms with Crippen molar-refractivity contribution in [2.24, 2.45) is 5.41 Å². The molecule has 0 aliphatic heterocycles. The summed E-state index contributed by atoms with van der Waals surface area (Å²) in [5.74, 6) is -0.0844. The summed E-state index contributed by atoms with van der Waals surface area (Å²) in [6.45, 7) is 7.12. The minimum Gasteiger partial charge on any atom is -0.349 e. The highest BCUT2D eigenvalue weighted by molar-refractivity contribution is 5.82. The quantitative estimate of drug-likeness (QED) is 0.767. The van der Waals surface area contributed by atoms with Crippen molar-refractivity contribution in [3.05, 3.63) is 65.5 Å². The first-order chi connectivity index (χ1) is 12.3. The van der Waals surface area contributed by atoms with E-state index in [0.29, 0.717) is 11.9 Å². The van der Waals surface area contributed by atoms with E-state index in [1.165, 1.54) is 6.07 Å². The van der Waals surface area contributed by atoms with E-state index in [1.54, 1.807) is 24.8 Å². The lowest BCUT2D eigenvalue weighted by molar-refractivity contribution is -0.123. The zero-order valence-electron chi connectivity index (χ0n) is 15.3. The third kappa shape index (κ3) is 4.02. The molecule has 0 spiro atoms. The molecule has 0 saturated carbocycles. The Morgan fingerprint density at radius 2 is 1.96 bits per heavy atom. The summed E-state index contributed by atoms with van der Waals surface area (Å²) in [4.78, 5) is 28.7. The van der Waals surface area contributed by atoms with E-state index in [-0.39, 0.29) is 29.3 Å². The number of pyridine rings is 1. The largest absolute Gasteiger partial charge is 0.349 e. The molecule has 136 valence electrons. The van der Waals surface area contributed by atoms with Crippen molar-refractivity contribution in [3.8, 4) is 0 Å². The van der Waals surface area contributed by atoms with Crippen LogP contribution in [0.2, 0.25) is 0 Å². The summed E-state index contributed by atoms with van der Waals surface area (Å²) >= 11 is 0. The number of para-hydroxylation sites is 1. The van der Waals surface area contributed by atoms with Crippen LogP contribution in [0.25, 0.3) is 10.9 Å². The van der Waals surface area contributed by atoms with Gasteiger partial charge in [-0.1, -0.05) is 32.9 Å². The maximum atomic E-state index is 12.7. The number of amides is 1. The molecular weight excluding hydrogens is 328 g/mol. The maximum absolute atomic E-state index is 12.7. The lowest BCUT2D eigenvalue weighted by Crippen LogP contribution is -2.47. The van der Waals surface area contributed by atoms with Crippen molar-refractivity contribution >= 4 is 16.8 Å². The van der Waals surface area contributed by atoms with Crippen LogP contribution in [0.5, 0.6) is 0 Å². The molecule has 1 atom stereocenters. The molecule has 1 amide bonds. The molecule has 0 aliphatic carbocycles. The molecule has 26 heavy (non-hydrogen) atoms. The molecule has 2 aromatic heterocycles. The second-order valence-corrected chi connectivity index (χ2v) is 7.57. The van der Waals surface area contributed by atoms with Crippen molar-refractivity contribution in [1.82, 2.24) is 19.4 Å². The monoisotopic (exact) mass is 352 g/mol. The number of carbonyl (C=O) groups is 1. The fraction of sp³-hybridized carbons (Fsp3) is 0.350. The van der Waals surface area contributed by atoms with Crippen molar-refractivity contribution in [2.75, 3.05) is 0 Å². The average molecular weight is 352 g/mol. The van der Waals surface area contributed by atoms with Crippen molar-refractivity contribution in [3.63, 3.8) is 0 Å². The van der Waals surface area contributed by atoms with E-state index in [4.69, 9.17) is 0 Å². The summed E-state index contributed by atoms with van der Waals surface area (Å²) in [5, 5.41) is 3.76. The van der Waals surface area contributed by atoms with Crippen LogP contribution in [-0.4, -0.2) is 26.1 Å². The number of hydrogen-bond acceptors (Lipinski definition) is 3. The van der Waals surface area contributed by atoms with Gasteiger partial charge in [-0.3, -0.25) is 9.59 Å². The second kappa shape index (κ2) is 7.15. The van der Waals surface area contributed by atoms with Crippen LogP contribution in [0.15, 0.2) is 60.0 Å². The second-order valence-electron chi connectivity index (χ2n) is 7.57. The highest BCUT2D eigenvalue weighted by atomic mass is 16.2. The fourth-order valence-electron chi connectivity index (χ4n) is 2.93. The van der Waals surface area contributed by atoms with Gasteiger partial charge in [0, 0.05) is 36.6 Å². The summed E-state index contributed by atoms with van der Waals surface area (Å²) < 4.78 is 3.77. The first-order valence-electron chi connectivity index (χ1n) is 8.68. The zero-order valence-corrected chi connectivity index (χ0v) is 15.3. The van der Waals surface area contributed by atoms with E-state index < -0.39 is 0 Å². The van der Waals surface area contributed by atoms with Crippen molar-refractivity contribution in [1.29, 1.82) is 0 Å². The lowest BCUT2D eigenvalue weighted by Gasteiger charge is -2.32. The Kier molecular flexibility index (Phi) is 4.93. The summed E-state index contributed by atoms with van der Waals surface area (Å²) in [6, 6.07) is 8.79. The van der Waals surface area contributed by atoms with Gasteiger partial charge in [-0.15, -0.1) is 0 Å². The molecule has 6 heteroatoms. The molecule has 0 saturated heterocycles. The van der Waals surface area contributed by atoms with Gasteiger partial charge in [-0.2, -0.15) is 0 Å². The third-order valence-electron chi connectivity index (χ3n) is 4.53. The molecule has 1 unspecified atom stereocenters. The van der Waals surface area contributed by atoms with Crippen LogP contribution in [0, 0.1) is 5.41 Å². The Balaban J connectivity index is 1.79. The molecule has 0 bridgehead atoms. The van der Waals surface area contributed by atoms with Gasteiger partial charge in [0.05, 0.1) is 17.9 Å². The number of nitrogens with zero attached hydrogens (tertiary/aromatic N) is 3. The van der Waals surface area contributed by atoms with Gasteiger partial charge in [-0.05, 0) is 17.5 Å². The average Bonchev–Trinajstić information content (AvgIpc) is 3.09. The lowest BCUT2D eigenvalue weighted by atomic mass is 9.86. The summed E-state index contributed by atoms with van der Waals surface area (Å²) in [7, 11) is 0. The number of hydrogen-bond donors (Lipinski definition) is 1. The number of benzene rings is 1. The maximum Gasteiger partial charge on any atom is 0.240 e. The molecule has 0 fully saturated rings. The molecule has 0 aliphatic rings. The molecule has 3 aromatic rings.